The van der Waals surface area contributed by atoms with Gasteiger partial charge in [-0.15, -0.1) is 0 Å². The number of ether oxygens (including phenoxy) is 1. The first-order valence-corrected chi connectivity index (χ1v) is 8.04. The molecule has 0 spiro atoms. The van der Waals surface area contributed by atoms with Gasteiger partial charge in [-0.25, -0.2) is 0 Å². The Hall–Kier alpha value is 0.140. The summed E-state index contributed by atoms with van der Waals surface area (Å²) >= 11 is 7.33. The molecule has 0 radical (unpaired) electrons. The van der Waals surface area contributed by atoms with Crippen molar-refractivity contribution in [3.05, 3.63) is 35.4 Å². The molecule has 0 saturated heterocycles. The average Bonchev–Trinajstić information content (AvgIpc) is 2.35. The lowest BCUT2D eigenvalue weighted by Crippen LogP contribution is -2.34. The molecule has 1 aromatic carbocycles. The molecule has 1 unspecified atom stereocenters. The zero-order chi connectivity index (χ0) is 12.9. The number of hydrogen-bond donors (Lipinski definition) is 0. The van der Waals surface area contributed by atoms with Gasteiger partial charge in [0, 0.05) is 23.2 Å². The van der Waals surface area contributed by atoms with E-state index in [0.29, 0.717) is 0 Å². The molecule has 3 heteroatoms. The Bertz CT molecular complexity index is 348. The molecule has 0 amide bonds. The predicted octanol–water partition coefficient (Wildman–Crippen LogP) is 4.45. The smallest absolute Gasteiger partial charge is 0.0552 e. The van der Waals surface area contributed by atoms with Gasteiger partial charge in [-0.05, 0) is 25.8 Å². The highest BCUT2D eigenvalue weighted by atomic mass is 79.9. The predicted molar refractivity (Wildman–Crippen MR) is 81.5 cm³/mol. The van der Waals surface area contributed by atoms with Crippen LogP contribution in [0.3, 0.4) is 0 Å². The van der Waals surface area contributed by atoms with E-state index < -0.39 is 0 Å². The van der Waals surface area contributed by atoms with E-state index in [1.165, 1.54) is 11.1 Å². The Morgan fingerprint density at radius 1 is 1.29 bits per heavy atom. The number of aryl methyl sites for hydroxylation is 1. The molecular weight excluding hydrogens is 344 g/mol. The van der Waals surface area contributed by atoms with Crippen LogP contribution >= 0.6 is 31.9 Å². The summed E-state index contributed by atoms with van der Waals surface area (Å²) in [4.78, 5) is 0. The zero-order valence-electron chi connectivity index (χ0n) is 10.7. The molecule has 0 aliphatic heterocycles. The van der Waals surface area contributed by atoms with Gasteiger partial charge in [0.1, 0.15) is 0 Å². The summed E-state index contributed by atoms with van der Waals surface area (Å²) in [6.45, 7) is 4.26. The van der Waals surface area contributed by atoms with Crippen molar-refractivity contribution in [2.24, 2.45) is 0 Å². The summed E-state index contributed by atoms with van der Waals surface area (Å²) in [5.41, 5.74) is 2.77. The van der Waals surface area contributed by atoms with E-state index in [1.807, 2.05) is 0 Å². The summed E-state index contributed by atoms with van der Waals surface area (Å²) in [5, 5.41) is 1.87. The number of halogens is 2. The fourth-order valence-electron chi connectivity index (χ4n) is 2.03. The van der Waals surface area contributed by atoms with Crippen molar-refractivity contribution in [1.82, 2.24) is 0 Å². The van der Waals surface area contributed by atoms with E-state index in [-0.39, 0.29) is 11.5 Å². The minimum absolute atomic E-state index is 0.0987. The van der Waals surface area contributed by atoms with Crippen LogP contribution in [0.15, 0.2) is 24.3 Å². The van der Waals surface area contributed by atoms with E-state index in [9.17, 15) is 0 Å². The Morgan fingerprint density at radius 2 is 1.94 bits per heavy atom. The molecule has 1 aromatic rings. The lowest BCUT2D eigenvalue weighted by atomic mass is 9.79. The molecule has 96 valence electrons. The minimum Gasteiger partial charge on any atom is -0.382 e. The van der Waals surface area contributed by atoms with Crippen molar-refractivity contribution >= 4 is 31.9 Å². The van der Waals surface area contributed by atoms with E-state index in [0.717, 1.165) is 17.1 Å². The van der Waals surface area contributed by atoms with Crippen LogP contribution < -0.4 is 0 Å². The molecule has 0 aliphatic rings. The maximum atomic E-state index is 5.42. The molecule has 0 aromatic heterocycles. The summed E-state index contributed by atoms with van der Waals surface area (Å²) in [6.07, 6.45) is 1.26. The highest BCUT2D eigenvalue weighted by molar-refractivity contribution is 9.09. The van der Waals surface area contributed by atoms with Crippen molar-refractivity contribution in [3.8, 4) is 0 Å². The summed E-state index contributed by atoms with van der Waals surface area (Å²) in [5.74, 6) is 0. The highest BCUT2D eigenvalue weighted by Crippen LogP contribution is 2.34. The van der Waals surface area contributed by atoms with Crippen LogP contribution in [0.1, 0.15) is 24.5 Å². The lowest BCUT2D eigenvalue weighted by Gasteiger charge is -2.33. The third kappa shape index (κ3) is 3.80. The topological polar surface area (TPSA) is 9.23 Å². The van der Waals surface area contributed by atoms with Crippen molar-refractivity contribution in [1.29, 1.82) is 0 Å². The third-order valence-corrected chi connectivity index (χ3v) is 5.37. The Kier molecular flexibility index (Phi) is 6.18. The summed E-state index contributed by atoms with van der Waals surface area (Å²) in [7, 11) is 1.77. The van der Waals surface area contributed by atoms with Crippen molar-refractivity contribution in [2.45, 2.75) is 31.8 Å². The van der Waals surface area contributed by atoms with Gasteiger partial charge in [0.05, 0.1) is 6.10 Å². The molecule has 17 heavy (non-hydrogen) atoms. The molecule has 0 aliphatic carbocycles. The van der Waals surface area contributed by atoms with Crippen LogP contribution in [-0.2, 0) is 10.2 Å². The molecule has 1 rings (SSSR count). The van der Waals surface area contributed by atoms with Gasteiger partial charge in [-0.2, -0.15) is 0 Å². The van der Waals surface area contributed by atoms with Crippen LogP contribution in [0.4, 0.5) is 0 Å². The van der Waals surface area contributed by atoms with Crippen molar-refractivity contribution in [2.75, 3.05) is 17.8 Å². The maximum absolute atomic E-state index is 5.42. The van der Waals surface area contributed by atoms with Gasteiger partial charge < -0.3 is 4.74 Å². The molecule has 0 bridgehead atoms. The number of rotatable bonds is 6. The van der Waals surface area contributed by atoms with Crippen LogP contribution in [0.25, 0.3) is 0 Å². The van der Waals surface area contributed by atoms with Crippen LogP contribution in [0.2, 0.25) is 0 Å². The Morgan fingerprint density at radius 3 is 2.41 bits per heavy atom. The first-order chi connectivity index (χ1) is 8.07. The van der Waals surface area contributed by atoms with E-state index >= 15 is 0 Å². The third-order valence-electron chi connectivity index (χ3n) is 3.22. The monoisotopic (exact) mass is 362 g/mol. The molecule has 0 heterocycles. The molecule has 1 nitrogen and oxygen atoms in total. The van der Waals surface area contributed by atoms with Crippen LogP contribution in [0.5, 0.6) is 0 Å². The van der Waals surface area contributed by atoms with Crippen molar-refractivity contribution in [3.63, 3.8) is 0 Å². The Labute approximate surface area is 121 Å². The first-order valence-electron chi connectivity index (χ1n) is 5.80. The lowest BCUT2D eigenvalue weighted by molar-refractivity contribution is 0.0945. The number of methoxy groups -OCH3 is 1. The highest BCUT2D eigenvalue weighted by Gasteiger charge is 2.32. The molecule has 0 fully saturated rings. The Balaban J connectivity index is 3.06. The van der Waals surface area contributed by atoms with Gasteiger partial charge in [-0.1, -0.05) is 61.7 Å². The number of benzene rings is 1. The SMILES string of the molecule is COC(C)CC(CBr)(CBr)c1cccc(C)c1. The zero-order valence-corrected chi connectivity index (χ0v) is 13.8. The quantitative estimate of drug-likeness (QED) is 0.678. The van der Waals surface area contributed by atoms with Gasteiger partial charge in [0.25, 0.3) is 0 Å². The van der Waals surface area contributed by atoms with E-state index in [2.05, 4.69) is 70.0 Å². The second-order valence-corrected chi connectivity index (χ2v) is 5.79. The second kappa shape index (κ2) is 6.91. The normalized spacial score (nSPS) is 13.7. The van der Waals surface area contributed by atoms with Gasteiger partial charge >= 0.3 is 0 Å². The van der Waals surface area contributed by atoms with Gasteiger partial charge in [0.15, 0.2) is 0 Å². The standard InChI is InChI=1S/C14H20Br2O/c1-11-5-4-6-13(7-11)14(9-15,10-16)8-12(2)17-3/h4-7,12H,8-10H2,1-3H3. The molecule has 0 saturated carbocycles. The molecule has 1 atom stereocenters. The van der Waals surface area contributed by atoms with Crippen LogP contribution in [0, 0.1) is 6.92 Å². The van der Waals surface area contributed by atoms with E-state index in [1.54, 1.807) is 7.11 Å². The molecule has 0 N–H and O–H groups in total. The van der Waals surface area contributed by atoms with Crippen molar-refractivity contribution < 1.29 is 4.74 Å². The number of hydrogen-bond acceptors (Lipinski definition) is 1. The van der Waals surface area contributed by atoms with E-state index in [4.69, 9.17) is 4.74 Å². The number of alkyl halides is 2. The summed E-state index contributed by atoms with van der Waals surface area (Å²) < 4.78 is 5.42. The maximum Gasteiger partial charge on any atom is 0.0552 e. The van der Waals surface area contributed by atoms with Gasteiger partial charge in [-0.3, -0.25) is 0 Å². The fraction of sp³-hybridized carbons (Fsp3) is 0.571. The minimum atomic E-state index is 0.0987. The van der Waals surface area contributed by atoms with Gasteiger partial charge in [0.2, 0.25) is 0 Å². The largest absolute Gasteiger partial charge is 0.382 e. The fourth-order valence-corrected chi connectivity index (χ4v) is 4.06. The van der Waals surface area contributed by atoms with Crippen LogP contribution in [-0.4, -0.2) is 23.9 Å². The molecular formula is C14H20Br2O. The summed E-state index contributed by atoms with van der Waals surface area (Å²) in [6, 6.07) is 8.74. The first kappa shape index (κ1) is 15.2. The average molecular weight is 364 g/mol. The second-order valence-electron chi connectivity index (χ2n) is 4.67.